The van der Waals surface area contributed by atoms with E-state index in [2.05, 4.69) is 35.1 Å². The number of aromatic hydroxyl groups is 1. The second-order valence-electron chi connectivity index (χ2n) is 7.55. The Morgan fingerprint density at radius 1 is 1.00 bits per heavy atom. The lowest BCUT2D eigenvalue weighted by Crippen LogP contribution is -2.12. The van der Waals surface area contributed by atoms with Gasteiger partial charge in [-0.1, -0.05) is 26.0 Å². The summed E-state index contributed by atoms with van der Waals surface area (Å²) in [7, 11) is 1.49. The van der Waals surface area contributed by atoms with Crippen molar-refractivity contribution >= 4 is 39.4 Å². The SMILES string of the molecule is COc1cc(O)c(Br)cc1/C=C/C(=O)c1ccc(NC(=O)c2ccc(C(C)C)cc2)cc1. The minimum atomic E-state index is -0.204. The van der Waals surface area contributed by atoms with Crippen LogP contribution in [0.2, 0.25) is 0 Å². The summed E-state index contributed by atoms with van der Waals surface area (Å²) < 4.78 is 5.75. The molecule has 0 aliphatic heterocycles. The number of carbonyl (C=O) groups excluding carboxylic acids is 2. The van der Waals surface area contributed by atoms with Crippen molar-refractivity contribution in [3.05, 3.63) is 93.5 Å². The van der Waals surface area contributed by atoms with Gasteiger partial charge in [0.25, 0.3) is 5.91 Å². The number of halogens is 1. The molecule has 0 fully saturated rings. The Morgan fingerprint density at radius 3 is 2.22 bits per heavy atom. The first-order chi connectivity index (χ1) is 15.3. The molecular weight excluding hydrogens is 470 g/mol. The molecule has 0 radical (unpaired) electrons. The molecular formula is C26H24BrNO4. The average Bonchev–Trinajstić information content (AvgIpc) is 2.79. The smallest absolute Gasteiger partial charge is 0.255 e. The van der Waals surface area contributed by atoms with E-state index in [0.717, 1.165) is 0 Å². The maximum atomic E-state index is 12.5. The van der Waals surface area contributed by atoms with Crippen molar-refractivity contribution in [1.82, 2.24) is 0 Å². The first-order valence-electron chi connectivity index (χ1n) is 10.1. The maximum absolute atomic E-state index is 12.5. The number of rotatable bonds is 7. The van der Waals surface area contributed by atoms with Gasteiger partial charge in [-0.05, 0) is 82.0 Å². The van der Waals surface area contributed by atoms with E-state index in [9.17, 15) is 14.7 Å². The fraction of sp³-hybridized carbons (Fsp3) is 0.154. The Morgan fingerprint density at radius 2 is 1.62 bits per heavy atom. The van der Waals surface area contributed by atoms with Crippen LogP contribution < -0.4 is 10.1 Å². The Kier molecular flexibility index (Phi) is 7.49. The Balaban J connectivity index is 1.67. The Bertz CT molecular complexity index is 1150. The number of methoxy groups -OCH3 is 1. The van der Waals surface area contributed by atoms with E-state index in [1.165, 1.54) is 24.8 Å². The second-order valence-corrected chi connectivity index (χ2v) is 8.41. The number of phenols is 1. The van der Waals surface area contributed by atoms with E-state index in [1.54, 1.807) is 36.4 Å². The van der Waals surface area contributed by atoms with E-state index in [-0.39, 0.29) is 17.4 Å². The normalized spacial score (nSPS) is 11.0. The number of ether oxygens (including phenoxy) is 1. The van der Waals surface area contributed by atoms with Crippen molar-refractivity contribution in [2.24, 2.45) is 0 Å². The van der Waals surface area contributed by atoms with Gasteiger partial charge >= 0.3 is 0 Å². The summed E-state index contributed by atoms with van der Waals surface area (Å²) in [5, 5.41) is 12.6. The highest BCUT2D eigenvalue weighted by Crippen LogP contribution is 2.32. The monoisotopic (exact) mass is 493 g/mol. The van der Waals surface area contributed by atoms with Crippen molar-refractivity contribution in [2.75, 3.05) is 12.4 Å². The third-order valence-electron chi connectivity index (χ3n) is 4.98. The fourth-order valence-electron chi connectivity index (χ4n) is 3.07. The minimum absolute atomic E-state index is 0.0545. The molecule has 32 heavy (non-hydrogen) atoms. The highest BCUT2D eigenvalue weighted by Gasteiger charge is 2.10. The number of phenolic OH excluding ortho intramolecular Hbond substituents is 1. The quantitative estimate of drug-likeness (QED) is 0.293. The lowest BCUT2D eigenvalue weighted by molar-refractivity contribution is 0.102. The Labute approximate surface area is 195 Å². The lowest BCUT2D eigenvalue weighted by atomic mass is 10.0. The van der Waals surface area contributed by atoms with Crippen LogP contribution in [0.3, 0.4) is 0 Å². The molecule has 0 aliphatic rings. The minimum Gasteiger partial charge on any atom is -0.507 e. The van der Waals surface area contributed by atoms with Gasteiger partial charge in [-0.15, -0.1) is 0 Å². The van der Waals surface area contributed by atoms with Gasteiger partial charge in [-0.25, -0.2) is 0 Å². The van der Waals surface area contributed by atoms with Gasteiger partial charge in [0.15, 0.2) is 5.78 Å². The summed E-state index contributed by atoms with van der Waals surface area (Å²) in [4.78, 5) is 25.0. The van der Waals surface area contributed by atoms with Crippen molar-refractivity contribution in [2.45, 2.75) is 19.8 Å². The van der Waals surface area contributed by atoms with Gasteiger partial charge in [0.1, 0.15) is 11.5 Å². The number of amides is 1. The molecule has 3 aromatic rings. The van der Waals surface area contributed by atoms with E-state index in [4.69, 9.17) is 4.74 Å². The first-order valence-corrected chi connectivity index (χ1v) is 10.9. The van der Waals surface area contributed by atoms with Crippen molar-refractivity contribution in [3.8, 4) is 11.5 Å². The summed E-state index contributed by atoms with van der Waals surface area (Å²) in [6.45, 7) is 4.21. The third-order valence-corrected chi connectivity index (χ3v) is 5.62. The number of ketones is 1. The molecule has 6 heteroatoms. The molecule has 3 rings (SSSR count). The van der Waals surface area contributed by atoms with Crippen LogP contribution in [0.5, 0.6) is 11.5 Å². The molecule has 0 aromatic heterocycles. The largest absolute Gasteiger partial charge is 0.507 e. The second kappa shape index (κ2) is 10.3. The summed E-state index contributed by atoms with van der Waals surface area (Å²) >= 11 is 3.26. The van der Waals surface area contributed by atoms with E-state index in [1.807, 2.05) is 24.3 Å². The molecule has 0 saturated heterocycles. The average molecular weight is 494 g/mol. The van der Waals surface area contributed by atoms with Gasteiger partial charge in [0.2, 0.25) is 0 Å². The van der Waals surface area contributed by atoms with Crippen molar-refractivity contribution in [1.29, 1.82) is 0 Å². The van der Waals surface area contributed by atoms with Crippen LogP contribution in [0.25, 0.3) is 6.08 Å². The van der Waals surface area contributed by atoms with Gasteiger partial charge in [0, 0.05) is 28.4 Å². The topological polar surface area (TPSA) is 75.6 Å². The van der Waals surface area contributed by atoms with Crippen molar-refractivity contribution in [3.63, 3.8) is 0 Å². The summed E-state index contributed by atoms with van der Waals surface area (Å²) in [6.07, 6.45) is 3.06. The van der Waals surface area contributed by atoms with Crippen LogP contribution in [-0.4, -0.2) is 23.9 Å². The zero-order chi connectivity index (χ0) is 23.3. The van der Waals surface area contributed by atoms with E-state index < -0.39 is 0 Å². The molecule has 5 nitrogen and oxygen atoms in total. The van der Waals surface area contributed by atoms with Crippen molar-refractivity contribution < 1.29 is 19.4 Å². The van der Waals surface area contributed by atoms with E-state index in [0.29, 0.717) is 38.5 Å². The molecule has 3 aromatic carbocycles. The van der Waals surface area contributed by atoms with Crippen LogP contribution in [0.1, 0.15) is 51.6 Å². The summed E-state index contributed by atoms with van der Waals surface area (Å²) in [6, 6.07) is 17.4. The Hall–Kier alpha value is -3.38. The highest BCUT2D eigenvalue weighted by atomic mass is 79.9. The van der Waals surface area contributed by atoms with E-state index >= 15 is 0 Å². The molecule has 2 N–H and O–H groups in total. The number of nitrogens with one attached hydrogen (secondary N) is 1. The van der Waals surface area contributed by atoms with Crippen LogP contribution in [0.4, 0.5) is 5.69 Å². The van der Waals surface area contributed by atoms with Crippen LogP contribution in [0.15, 0.2) is 71.2 Å². The number of hydrogen-bond donors (Lipinski definition) is 2. The lowest BCUT2D eigenvalue weighted by Gasteiger charge is -2.08. The summed E-state index contributed by atoms with van der Waals surface area (Å²) in [5.41, 5.74) is 3.49. The maximum Gasteiger partial charge on any atom is 0.255 e. The number of hydrogen-bond acceptors (Lipinski definition) is 4. The molecule has 0 unspecified atom stereocenters. The van der Waals surface area contributed by atoms with Gasteiger partial charge < -0.3 is 15.2 Å². The predicted molar refractivity (Wildman–Crippen MR) is 131 cm³/mol. The number of benzene rings is 3. The third kappa shape index (κ3) is 5.65. The number of allylic oxidation sites excluding steroid dienone is 1. The first kappa shape index (κ1) is 23.3. The standard InChI is InChI=1S/C26H24BrNO4/c1-16(2)17-4-6-19(7-5-17)26(31)28-21-11-8-18(9-12-21)23(29)13-10-20-14-22(27)24(30)15-25(20)32-3/h4-16,30H,1-3H3,(H,28,31)/b13-10+. The molecule has 0 atom stereocenters. The van der Waals surface area contributed by atoms with Crippen LogP contribution in [0, 0.1) is 0 Å². The fourth-order valence-corrected chi connectivity index (χ4v) is 3.43. The van der Waals surface area contributed by atoms with Gasteiger partial charge in [0.05, 0.1) is 11.6 Å². The number of carbonyl (C=O) groups is 2. The van der Waals surface area contributed by atoms with Gasteiger partial charge in [-0.3, -0.25) is 9.59 Å². The molecule has 0 saturated carbocycles. The highest BCUT2D eigenvalue weighted by molar-refractivity contribution is 9.10. The predicted octanol–water partition coefficient (Wildman–Crippen LogP) is 6.44. The van der Waals surface area contributed by atoms with Crippen LogP contribution in [-0.2, 0) is 0 Å². The molecule has 0 spiro atoms. The molecule has 0 heterocycles. The zero-order valence-corrected chi connectivity index (χ0v) is 19.6. The van der Waals surface area contributed by atoms with Crippen LogP contribution >= 0.6 is 15.9 Å². The molecule has 1 amide bonds. The molecule has 164 valence electrons. The summed E-state index contributed by atoms with van der Waals surface area (Å²) in [5.74, 6) is 0.513. The molecule has 0 bridgehead atoms. The molecule has 0 aliphatic carbocycles. The zero-order valence-electron chi connectivity index (χ0n) is 18.1. The van der Waals surface area contributed by atoms with Gasteiger partial charge in [-0.2, -0.15) is 0 Å². The number of anilines is 1.